The molecule has 0 amide bonds. The Morgan fingerprint density at radius 2 is 1.95 bits per heavy atom. The molecular weight excluding hydrogens is 344 g/mol. The second kappa shape index (κ2) is 6.33. The van der Waals surface area contributed by atoms with E-state index < -0.39 is 10.2 Å². The molecule has 0 radical (unpaired) electrons. The number of nitrogens with zero attached hydrogens (tertiary/aromatic N) is 3. The van der Waals surface area contributed by atoms with Gasteiger partial charge in [0.25, 0.3) is 0 Å². The molecule has 9 heteroatoms. The molecule has 0 atom stereocenters. The highest BCUT2D eigenvalue weighted by molar-refractivity contribution is 7.87. The van der Waals surface area contributed by atoms with Gasteiger partial charge in [0.2, 0.25) is 0 Å². The molecule has 0 aliphatic rings. The second-order valence-corrected chi connectivity index (χ2v) is 7.54. The average Bonchev–Trinajstić information content (AvgIpc) is 2.78. The number of hydrogen-bond donors (Lipinski definition) is 1. The molecule has 2 rings (SSSR count). The molecule has 0 unspecified atom stereocenters. The van der Waals surface area contributed by atoms with Crippen LogP contribution in [0.3, 0.4) is 0 Å². The number of aromatic nitrogens is 2. The van der Waals surface area contributed by atoms with E-state index in [0.717, 1.165) is 13.8 Å². The van der Waals surface area contributed by atoms with Gasteiger partial charge in [-0.15, -0.1) is 0 Å². The number of imidazole rings is 1. The zero-order valence-corrected chi connectivity index (χ0v) is 14.4. The van der Waals surface area contributed by atoms with Gasteiger partial charge in [-0.25, -0.2) is 8.96 Å². The van der Waals surface area contributed by atoms with Crippen LogP contribution < -0.4 is 5.73 Å². The van der Waals surface area contributed by atoms with Gasteiger partial charge in [-0.3, -0.25) is 0 Å². The Kier molecular flexibility index (Phi) is 4.86. The molecule has 0 spiro atoms. The highest BCUT2D eigenvalue weighted by Crippen LogP contribution is 2.23. The normalized spacial score (nSPS) is 11.8. The predicted molar refractivity (Wildman–Crippen MR) is 90.4 cm³/mol. The third-order valence-corrected chi connectivity index (χ3v) is 5.27. The monoisotopic (exact) mass is 358 g/mol. The van der Waals surface area contributed by atoms with E-state index in [4.69, 9.17) is 29.6 Å². The van der Waals surface area contributed by atoms with Crippen molar-refractivity contribution in [3.05, 3.63) is 52.6 Å². The molecule has 2 aromatic rings. The smallest absolute Gasteiger partial charge is 0.309 e. The number of thiocarbonyl (C=S) groups is 1. The fourth-order valence-corrected chi connectivity index (χ4v) is 3.51. The van der Waals surface area contributed by atoms with Gasteiger partial charge in [-0.05, 0) is 5.56 Å². The molecule has 1 aromatic heterocycles. The summed E-state index contributed by atoms with van der Waals surface area (Å²) in [7, 11) is -1.02. The molecular formula is C13H15ClN4O2S2. The van der Waals surface area contributed by atoms with Crippen LogP contribution in [0.15, 0.2) is 30.3 Å². The van der Waals surface area contributed by atoms with E-state index in [1.807, 2.05) is 30.3 Å². The molecule has 0 saturated carbocycles. The zero-order chi connectivity index (χ0) is 16.5. The van der Waals surface area contributed by atoms with Crippen molar-refractivity contribution in [2.45, 2.75) is 6.42 Å². The largest absolute Gasteiger partial charge is 0.387 e. The van der Waals surface area contributed by atoms with Gasteiger partial charge in [0.05, 0.1) is 5.69 Å². The highest BCUT2D eigenvalue weighted by Gasteiger charge is 2.28. The Labute approximate surface area is 139 Å². The minimum atomic E-state index is -3.85. The molecule has 1 aromatic carbocycles. The fourth-order valence-electron chi connectivity index (χ4n) is 1.92. The van der Waals surface area contributed by atoms with Crippen LogP contribution >= 0.6 is 23.8 Å². The van der Waals surface area contributed by atoms with Crippen LogP contribution in [0.1, 0.15) is 17.1 Å². The van der Waals surface area contributed by atoms with E-state index in [-0.39, 0.29) is 16.0 Å². The van der Waals surface area contributed by atoms with E-state index >= 15 is 0 Å². The topological polar surface area (TPSA) is 81.2 Å². The minimum absolute atomic E-state index is 0.0420. The minimum Gasteiger partial charge on any atom is -0.387 e. The summed E-state index contributed by atoms with van der Waals surface area (Å²) >= 11 is 11.0. The van der Waals surface area contributed by atoms with Crippen molar-refractivity contribution in [2.75, 3.05) is 14.1 Å². The van der Waals surface area contributed by atoms with Crippen molar-refractivity contribution >= 4 is 39.0 Å². The number of hydrogen-bond acceptors (Lipinski definition) is 4. The summed E-state index contributed by atoms with van der Waals surface area (Å²) < 4.78 is 27.2. The first-order valence-electron chi connectivity index (χ1n) is 6.29. The Morgan fingerprint density at radius 3 is 2.45 bits per heavy atom. The molecule has 6 nitrogen and oxygen atoms in total. The van der Waals surface area contributed by atoms with Crippen LogP contribution in [-0.4, -0.2) is 40.8 Å². The van der Waals surface area contributed by atoms with Gasteiger partial charge < -0.3 is 5.73 Å². The molecule has 0 fully saturated rings. The maximum Gasteiger partial charge on any atom is 0.309 e. The molecule has 0 aliphatic carbocycles. The first-order valence-corrected chi connectivity index (χ1v) is 8.47. The zero-order valence-electron chi connectivity index (χ0n) is 12.0. The average molecular weight is 359 g/mol. The van der Waals surface area contributed by atoms with Crippen molar-refractivity contribution in [1.29, 1.82) is 0 Å². The molecule has 118 valence electrons. The van der Waals surface area contributed by atoms with Crippen molar-refractivity contribution < 1.29 is 8.42 Å². The van der Waals surface area contributed by atoms with Crippen LogP contribution in [-0.2, 0) is 16.6 Å². The standard InChI is InChI=1S/C13H15ClN4O2S2/c1-17(2)22(19,20)18-10(8-9-6-4-3-5-7-9)11(14)16-13(18)12(15)21/h3-7H,8H2,1-2H3,(H2,15,21). The third-order valence-electron chi connectivity index (χ3n) is 3.01. The lowest BCUT2D eigenvalue weighted by Crippen LogP contribution is -2.33. The van der Waals surface area contributed by atoms with Crippen LogP contribution in [0.5, 0.6) is 0 Å². The summed E-state index contributed by atoms with van der Waals surface area (Å²) in [6.45, 7) is 0. The first kappa shape index (κ1) is 16.9. The second-order valence-electron chi connectivity index (χ2n) is 4.75. The first-order chi connectivity index (χ1) is 10.2. The fraction of sp³-hybridized carbons (Fsp3) is 0.231. The van der Waals surface area contributed by atoms with E-state index in [1.54, 1.807) is 0 Å². The van der Waals surface area contributed by atoms with Crippen molar-refractivity contribution in [3.63, 3.8) is 0 Å². The lowest BCUT2D eigenvalue weighted by Gasteiger charge is -2.16. The maximum absolute atomic E-state index is 12.6. The molecule has 0 bridgehead atoms. The molecule has 2 N–H and O–H groups in total. The van der Waals surface area contributed by atoms with E-state index in [2.05, 4.69) is 4.98 Å². The Balaban J connectivity index is 2.66. The van der Waals surface area contributed by atoms with Gasteiger partial charge in [-0.2, -0.15) is 12.7 Å². The van der Waals surface area contributed by atoms with Crippen molar-refractivity contribution in [1.82, 2.24) is 13.3 Å². The SMILES string of the molecule is CN(C)S(=O)(=O)n1c(C(N)=S)nc(Cl)c1Cc1ccccc1. The summed E-state index contributed by atoms with van der Waals surface area (Å²) in [6, 6.07) is 9.34. The van der Waals surface area contributed by atoms with Crippen LogP contribution in [0.2, 0.25) is 5.15 Å². The van der Waals surface area contributed by atoms with E-state index in [1.165, 1.54) is 14.1 Å². The van der Waals surface area contributed by atoms with Gasteiger partial charge in [0.15, 0.2) is 11.0 Å². The maximum atomic E-state index is 12.6. The van der Waals surface area contributed by atoms with Gasteiger partial charge in [0, 0.05) is 20.5 Å². The number of halogens is 1. The van der Waals surface area contributed by atoms with E-state index in [9.17, 15) is 8.42 Å². The number of nitrogens with two attached hydrogens (primary N) is 1. The van der Waals surface area contributed by atoms with Gasteiger partial charge >= 0.3 is 10.2 Å². The molecule has 22 heavy (non-hydrogen) atoms. The Morgan fingerprint density at radius 1 is 1.36 bits per heavy atom. The predicted octanol–water partition coefficient (Wildman–Crippen LogP) is 1.42. The lowest BCUT2D eigenvalue weighted by atomic mass is 10.1. The van der Waals surface area contributed by atoms with Crippen molar-refractivity contribution in [3.8, 4) is 0 Å². The number of rotatable bonds is 5. The summed E-state index contributed by atoms with van der Waals surface area (Å²) in [5.41, 5.74) is 6.81. The lowest BCUT2D eigenvalue weighted by molar-refractivity contribution is 0.508. The van der Waals surface area contributed by atoms with Crippen LogP contribution in [0.25, 0.3) is 0 Å². The third kappa shape index (κ3) is 3.14. The van der Waals surface area contributed by atoms with Crippen LogP contribution in [0, 0.1) is 0 Å². The quantitative estimate of drug-likeness (QED) is 0.817. The van der Waals surface area contributed by atoms with Crippen LogP contribution in [0.4, 0.5) is 0 Å². The van der Waals surface area contributed by atoms with Gasteiger partial charge in [0.1, 0.15) is 4.99 Å². The number of benzene rings is 1. The Bertz CT molecular complexity index is 801. The summed E-state index contributed by atoms with van der Waals surface area (Å²) in [5, 5.41) is 0.0667. The summed E-state index contributed by atoms with van der Waals surface area (Å²) in [5.74, 6) is -0.0420. The van der Waals surface area contributed by atoms with Crippen molar-refractivity contribution in [2.24, 2.45) is 5.73 Å². The summed E-state index contributed by atoms with van der Waals surface area (Å²) in [6.07, 6.45) is 0.294. The van der Waals surface area contributed by atoms with E-state index in [0.29, 0.717) is 12.1 Å². The Hall–Kier alpha value is -1.48. The molecule has 0 aliphatic heterocycles. The summed E-state index contributed by atoms with van der Waals surface area (Å²) in [4.78, 5) is 3.88. The van der Waals surface area contributed by atoms with Gasteiger partial charge in [-0.1, -0.05) is 54.2 Å². The molecule has 1 heterocycles. The molecule has 0 saturated heterocycles. The highest BCUT2D eigenvalue weighted by atomic mass is 35.5.